The van der Waals surface area contributed by atoms with Crippen LogP contribution in [0.3, 0.4) is 0 Å². The van der Waals surface area contributed by atoms with E-state index in [2.05, 4.69) is 0 Å². The zero-order chi connectivity index (χ0) is 14.8. The average molecular weight is 354 g/mol. The minimum Gasteiger partial charge on any atom is 0 e. The summed E-state index contributed by atoms with van der Waals surface area (Å²) in [6.07, 6.45) is 0. The minimum absolute atomic E-state index is 0. The summed E-state index contributed by atoms with van der Waals surface area (Å²) in [6.45, 7) is 2.22. The Morgan fingerprint density at radius 1 is 0.789 bits per heavy atom. The van der Waals surface area contributed by atoms with E-state index in [9.17, 15) is 36.7 Å². The molecule has 0 aromatic heterocycles. The van der Waals surface area contributed by atoms with Gasteiger partial charge in [-0.1, -0.05) is 0 Å². The topological polar surface area (TPSA) is 163 Å². The van der Waals surface area contributed by atoms with E-state index in [4.69, 9.17) is 0 Å². The third-order valence-electron chi connectivity index (χ3n) is 2.08. The molecule has 0 aliphatic heterocycles. The van der Waals surface area contributed by atoms with Gasteiger partial charge in [0.25, 0.3) is 0 Å². The molecule has 0 fully saturated rings. The summed E-state index contributed by atoms with van der Waals surface area (Å²) in [7, 11) is -7.16. The molecule has 0 rings (SSSR count). The number of aliphatic hydroxyl groups is 1. The maximum atomic E-state index is 9.76. The van der Waals surface area contributed by atoms with Crippen molar-refractivity contribution in [3.05, 3.63) is 0 Å². The molecule has 0 saturated heterocycles. The smallest absolute Gasteiger partial charge is 0 e. The molecular weight excluding hydrogens is 344 g/mol. The van der Waals surface area contributed by atoms with Crippen molar-refractivity contribution in [2.75, 3.05) is 0 Å². The zero-order valence-corrected chi connectivity index (χ0v) is 14.4. The first-order valence-electron chi connectivity index (χ1n) is 4.15. The monoisotopic (exact) mass is 352 g/mol. The van der Waals surface area contributed by atoms with Crippen LogP contribution >= 0.6 is 0 Å². The molecule has 0 bridgehead atoms. The standard InChI is InChI=1S/C4H9O.6CN.Co.Zn/c1-4(2,3)5;6*1-2;;/h5H,1H2,2-3H3;;;;;;;;. The van der Waals surface area contributed by atoms with Crippen molar-refractivity contribution < 1.29 is 34.1 Å². The predicted molar refractivity (Wildman–Crippen MR) is 54.8 cm³/mol. The Labute approximate surface area is 120 Å². The van der Waals surface area contributed by atoms with Gasteiger partial charge in [0.05, 0.1) is 0 Å². The second-order valence-electron chi connectivity index (χ2n) is 4.33. The SMILES string of the molecule is CC(C)(O)[CH2][Co]([C]#N)([C]#N)([C]#N)([C]#N)([C]#N)[C]#N.[Zn]. The molecule has 0 spiro atoms. The molecule has 0 aromatic rings. The third-order valence-corrected chi connectivity index (χ3v) is 8.56. The molecule has 0 heterocycles. The van der Waals surface area contributed by atoms with Gasteiger partial charge in [-0.25, -0.2) is 0 Å². The van der Waals surface area contributed by atoms with Gasteiger partial charge in [0, 0.05) is 19.5 Å². The van der Waals surface area contributed by atoms with Crippen LogP contribution in [0, 0.1) is 61.6 Å². The van der Waals surface area contributed by atoms with Crippen LogP contribution in [0.4, 0.5) is 0 Å². The third kappa shape index (κ3) is 1.70. The molecule has 7 nitrogen and oxygen atoms in total. The molecule has 0 aromatic carbocycles. The van der Waals surface area contributed by atoms with Gasteiger partial charge in [-0.2, -0.15) is 0 Å². The van der Waals surface area contributed by atoms with Gasteiger partial charge >= 0.3 is 101 Å². The van der Waals surface area contributed by atoms with Crippen molar-refractivity contribution in [1.29, 1.82) is 31.6 Å². The van der Waals surface area contributed by atoms with Crippen LogP contribution in [0.5, 0.6) is 0 Å². The van der Waals surface area contributed by atoms with E-state index in [0.717, 1.165) is 43.9 Å². The van der Waals surface area contributed by atoms with Crippen LogP contribution in [0.1, 0.15) is 13.8 Å². The van der Waals surface area contributed by atoms with Gasteiger partial charge in [-0.3, -0.25) is 0 Å². The quantitative estimate of drug-likeness (QED) is 0.718. The van der Waals surface area contributed by atoms with Crippen LogP contribution in [-0.4, -0.2) is 10.7 Å². The van der Waals surface area contributed by atoms with Gasteiger partial charge in [0.15, 0.2) is 0 Å². The summed E-state index contributed by atoms with van der Waals surface area (Å²) >= 11 is 0. The Morgan fingerprint density at radius 2 is 1.00 bits per heavy atom. The van der Waals surface area contributed by atoms with Crippen molar-refractivity contribution in [1.82, 2.24) is 0 Å². The Kier molecular flexibility index (Phi) is 3.60. The summed E-state index contributed by atoms with van der Waals surface area (Å²) in [5.41, 5.74) is -1.90. The molecule has 0 saturated carbocycles. The fourth-order valence-corrected chi connectivity index (χ4v) is 5.25. The Bertz CT molecular complexity index is 566. The van der Waals surface area contributed by atoms with Crippen LogP contribution in [-0.2, 0) is 29.0 Å². The largest absolute Gasteiger partial charge is 0 e. The molecule has 0 atom stereocenters. The summed E-state index contributed by atoms with van der Waals surface area (Å²) in [6, 6.07) is 0. The van der Waals surface area contributed by atoms with Crippen molar-refractivity contribution in [2.45, 2.75) is 24.8 Å². The maximum Gasteiger partial charge on any atom is 0 e. The van der Waals surface area contributed by atoms with E-state index >= 15 is 0 Å². The van der Waals surface area contributed by atoms with Crippen molar-refractivity contribution in [3.8, 4) is 30.0 Å². The molecule has 96 valence electrons. The predicted octanol–water partition coefficient (Wildman–Crippen LogP) is 0.821. The molecule has 0 radical (unpaired) electrons. The fourth-order valence-electron chi connectivity index (χ4n) is 1.27. The number of hydrogen-bond donors (Lipinski definition) is 1. The second kappa shape index (κ2) is 3.53. The summed E-state index contributed by atoms with van der Waals surface area (Å²) in [4.78, 5) is 0. The first kappa shape index (κ1) is 19.4. The number of nitriles is 6. The van der Waals surface area contributed by atoms with Crippen LogP contribution in [0.2, 0.25) is 5.36 Å². The molecule has 0 aliphatic rings. The zero-order valence-electron chi connectivity index (χ0n) is 10.4. The van der Waals surface area contributed by atoms with Crippen LogP contribution in [0.25, 0.3) is 0 Å². The Morgan fingerprint density at radius 3 is 1.05 bits per heavy atom. The molecule has 0 aliphatic carbocycles. The van der Waals surface area contributed by atoms with Gasteiger partial charge in [0.1, 0.15) is 0 Å². The molecule has 9 heteroatoms. The minimum atomic E-state index is -7.16. The Balaban J connectivity index is 0. The summed E-state index contributed by atoms with van der Waals surface area (Å²) in [5, 5.41) is 71.1. The van der Waals surface area contributed by atoms with Crippen molar-refractivity contribution in [2.24, 2.45) is 0 Å². The van der Waals surface area contributed by atoms with Gasteiger partial charge in [-0.05, 0) is 0 Å². The van der Waals surface area contributed by atoms with Gasteiger partial charge in [-0.15, -0.1) is 0 Å². The van der Waals surface area contributed by atoms with Crippen molar-refractivity contribution in [3.63, 3.8) is 0 Å². The molecule has 19 heavy (non-hydrogen) atoms. The van der Waals surface area contributed by atoms with Crippen LogP contribution < -0.4 is 0 Å². The molecule has 0 unspecified atom stereocenters. The normalized spacial score (nSPS) is 15.5. The second-order valence-corrected chi connectivity index (χ2v) is 12.2. The number of hydrogen-bond acceptors (Lipinski definition) is 7. The first-order valence-corrected chi connectivity index (χ1v) is 8.01. The van der Waals surface area contributed by atoms with E-state index in [0.29, 0.717) is 0 Å². The maximum absolute atomic E-state index is 9.76. The van der Waals surface area contributed by atoms with Crippen molar-refractivity contribution >= 4 is 0 Å². The van der Waals surface area contributed by atoms with E-state index in [1.807, 2.05) is 0 Å². The van der Waals surface area contributed by atoms with E-state index in [-0.39, 0.29) is 19.5 Å². The van der Waals surface area contributed by atoms with E-state index in [1.54, 1.807) is 0 Å². The average Bonchev–Trinajstić information content (AvgIpc) is 2.38. The fraction of sp³-hybridized carbons (Fsp3) is 0.400. The number of rotatable bonds is 2. The van der Waals surface area contributed by atoms with E-state index < -0.39 is 20.4 Å². The van der Waals surface area contributed by atoms with E-state index in [1.165, 1.54) is 0 Å². The summed E-state index contributed by atoms with van der Waals surface area (Å²) < 4.78 is 0. The van der Waals surface area contributed by atoms with Gasteiger partial charge in [0.2, 0.25) is 0 Å². The molecular formula is C10H9CoN6OZn. The first-order chi connectivity index (χ1) is 7.97. The molecule has 1 N–H and O–H groups in total. The summed E-state index contributed by atoms with van der Waals surface area (Å²) in [5.74, 6) is 0. The van der Waals surface area contributed by atoms with Gasteiger partial charge < -0.3 is 0 Å². The van der Waals surface area contributed by atoms with Crippen LogP contribution in [0.15, 0.2) is 0 Å². The Hall–Kier alpha value is -1.97. The molecule has 0 amide bonds. The number of nitrogens with zero attached hydrogens (tertiary/aromatic N) is 6.